The van der Waals surface area contributed by atoms with Gasteiger partial charge in [0.2, 0.25) is 0 Å². The molecule has 5 heteroatoms. The van der Waals surface area contributed by atoms with Gasteiger partial charge in [0.1, 0.15) is 0 Å². The quantitative estimate of drug-likeness (QED) is 0.736. The van der Waals surface area contributed by atoms with Crippen LogP contribution in [0.25, 0.3) is 0 Å². The number of halogens is 2. The maximum atomic E-state index is 13.6. The molecule has 0 spiro atoms. The molecule has 0 radical (unpaired) electrons. The van der Waals surface area contributed by atoms with Gasteiger partial charge in [-0.15, -0.1) is 0 Å². The van der Waals surface area contributed by atoms with Gasteiger partial charge in [-0.1, -0.05) is 13.8 Å². The molecule has 1 aromatic rings. The van der Waals surface area contributed by atoms with Gasteiger partial charge in [0.25, 0.3) is 0 Å². The van der Waals surface area contributed by atoms with E-state index in [-0.39, 0.29) is 5.75 Å². The molecule has 0 aliphatic rings. The molecule has 0 aliphatic carbocycles. The highest BCUT2D eigenvalue weighted by Gasteiger charge is 2.12. The average Bonchev–Trinajstić information content (AvgIpc) is 2.34. The van der Waals surface area contributed by atoms with E-state index in [4.69, 9.17) is 4.74 Å². The third kappa shape index (κ3) is 4.82. The van der Waals surface area contributed by atoms with Gasteiger partial charge >= 0.3 is 0 Å². The second kappa shape index (κ2) is 8.32. The second-order valence-corrected chi connectivity index (χ2v) is 5.11. The number of nitrogens with one attached hydrogen (secondary N) is 1. The summed E-state index contributed by atoms with van der Waals surface area (Å²) in [5.41, 5.74) is 0.585. The first kappa shape index (κ1) is 15.2. The van der Waals surface area contributed by atoms with E-state index < -0.39 is 11.6 Å². The van der Waals surface area contributed by atoms with Crippen molar-refractivity contribution in [1.82, 2.24) is 5.32 Å². The van der Waals surface area contributed by atoms with Crippen LogP contribution in [0.4, 0.5) is 8.78 Å². The highest BCUT2D eigenvalue weighted by atomic mass is 32.2. The zero-order chi connectivity index (χ0) is 13.4. The summed E-state index contributed by atoms with van der Waals surface area (Å²) in [5.74, 6) is 0.158. The van der Waals surface area contributed by atoms with Gasteiger partial charge in [-0.25, -0.2) is 8.78 Å². The molecule has 0 aromatic heterocycles. The van der Waals surface area contributed by atoms with E-state index in [0.717, 1.165) is 18.1 Å². The summed E-state index contributed by atoms with van der Waals surface area (Å²) in [4.78, 5) is 0. The Bertz CT molecular complexity index is 351. The zero-order valence-electron chi connectivity index (χ0n) is 10.8. The van der Waals surface area contributed by atoms with Gasteiger partial charge in [-0.3, -0.25) is 0 Å². The molecule has 2 nitrogen and oxygen atoms in total. The fourth-order valence-corrected chi connectivity index (χ4v) is 1.96. The Morgan fingerprint density at radius 3 is 2.44 bits per heavy atom. The van der Waals surface area contributed by atoms with E-state index in [9.17, 15) is 8.78 Å². The third-order valence-electron chi connectivity index (χ3n) is 2.32. The van der Waals surface area contributed by atoms with Crippen LogP contribution >= 0.6 is 11.8 Å². The van der Waals surface area contributed by atoms with Crippen molar-refractivity contribution in [3.8, 4) is 5.75 Å². The molecular weight excluding hydrogens is 256 g/mol. The minimum Gasteiger partial charge on any atom is -0.487 e. The van der Waals surface area contributed by atoms with Crippen molar-refractivity contribution < 1.29 is 13.5 Å². The molecule has 1 aromatic carbocycles. The molecule has 0 aliphatic heterocycles. The lowest BCUT2D eigenvalue weighted by Gasteiger charge is -2.10. The number of hydrogen-bond donors (Lipinski definition) is 1. The Labute approximate surface area is 111 Å². The van der Waals surface area contributed by atoms with Crippen molar-refractivity contribution in [3.63, 3.8) is 0 Å². The van der Waals surface area contributed by atoms with Crippen molar-refractivity contribution in [3.05, 3.63) is 29.3 Å². The largest absolute Gasteiger partial charge is 0.487 e. The molecule has 0 fully saturated rings. The lowest BCUT2D eigenvalue weighted by Crippen LogP contribution is -2.12. The lowest BCUT2D eigenvalue weighted by atomic mass is 10.2. The molecule has 0 saturated heterocycles. The number of rotatable bonds is 8. The first-order chi connectivity index (χ1) is 8.69. The minimum atomic E-state index is -0.635. The summed E-state index contributed by atoms with van der Waals surface area (Å²) in [6.45, 7) is 5.50. The summed E-state index contributed by atoms with van der Waals surface area (Å²) in [5, 5.41) is 3.02. The zero-order valence-corrected chi connectivity index (χ0v) is 11.6. The van der Waals surface area contributed by atoms with Crippen LogP contribution in [0.5, 0.6) is 5.75 Å². The van der Waals surface area contributed by atoms with Gasteiger partial charge in [0.05, 0.1) is 6.61 Å². The maximum absolute atomic E-state index is 13.6. The normalized spacial score (nSPS) is 10.7. The topological polar surface area (TPSA) is 21.3 Å². The van der Waals surface area contributed by atoms with Crippen LogP contribution in [-0.4, -0.2) is 24.7 Å². The van der Waals surface area contributed by atoms with Crippen molar-refractivity contribution in [2.45, 2.75) is 20.4 Å². The smallest absolute Gasteiger partial charge is 0.190 e. The monoisotopic (exact) mass is 275 g/mol. The molecule has 0 unspecified atom stereocenters. The maximum Gasteiger partial charge on any atom is 0.190 e. The predicted molar refractivity (Wildman–Crippen MR) is 72.2 cm³/mol. The average molecular weight is 275 g/mol. The highest BCUT2D eigenvalue weighted by Crippen LogP contribution is 2.23. The third-order valence-corrected chi connectivity index (χ3v) is 3.18. The van der Waals surface area contributed by atoms with E-state index >= 15 is 0 Å². The van der Waals surface area contributed by atoms with Crippen LogP contribution in [0.15, 0.2) is 12.1 Å². The molecule has 18 heavy (non-hydrogen) atoms. The molecule has 0 bridgehead atoms. The van der Waals surface area contributed by atoms with Gasteiger partial charge < -0.3 is 10.1 Å². The van der Waals surface area contributed by atoms with Crippen LogP contribution in [0.2, 0.25) is 0 Å². The van der Waals surface area contributed by atoms with Gasteiger partial charge in [-0.05, 0) is 30.0 Å². The number of benzene rings is 1. The van der Waals surface area contributed by atoms with E-state index in [1.54, 1.807) is 11.8 Å². The summed E-state index contributed by atoms with van der Waals surface area (Å²) in [7, 11) is 0. The standard InChI is InChI=1S/C13H19F2NOS/c1-3-16-9-10-7-11(14)13(12(15)8-10)17-5-6-18-4-2/h7-8,16H,3-6,9H2,1-2H3. The predicted octanol–water partition coefficient (Wildman–Crippen LogP) is 3.21. The molecular formula is C13H19F2NOS. The van der Waals surface area contributed by atoms with E-state index in [0.29, 0.717) is 18.7 Å². The summed E-state index contributed by atoms with van der Waals surface area (Å²) in [6.07, 6.45) is 0. The Morgan fingerprint density at radius 2 is 1.89 bits per heavy atom. The Morgan fingerprint density at radius 1 is 1.22 bits per heavy atom. The van der Waals surface area contributed by atoms with Gasteiger partial charge in [0.15, 0.2) is 17.4 Å². The molecule has 102 valence electrons. The molecule has 1 N–H and O–H groups in total. The van der Waals surface area contributed by atoms with Crippen molar-refractivity contribution in [2.75, 3.05) is 24.7 Å². The summed E-state index contributed by atoms with van der Waals surface area (Å²) < 4.78 is 32.4. The molecule has 0 atom stereocenters. The van der Waals surface area contributed by atoms with E-state index in [1.165, 1.54) is 12.1 Å². The second-order valence-electron chi connectivity index (χ2n) is 3.71. The van der Waals surface area contributed by atoms with Crippen LogP contribution in [-0.2, 0) is 6.54 Å². The molecule has 0 amide bonds. The summed E-state index contributed by atoms with van der Waals surface area (Å²) in [6, 6.07) is 2.63. The number of hydrogen-bond acceptors (Lipinski definition) is 3. The van der Waals surface area contributed by atoms with Gasteiger partial charge in [0, 0.05) is 12.3 Å². The first-order valence-electron chi connectivity index (χ1n) is 6.08. The van der Waals surface area contributed by atoms with Crippen molar-refractivity contribution in [1.29, 1.82) is 0 Å². The minimum absolute atomic E-state index is 0.271. The molecule has 0 heterocycles. The number of thioether (sulfide) groups is 1. The lowest BCUT2D eigenvalue weighted by molar-refractivity contribution is 0.305. The first-order valence-corrected chi connectivity index (χ1v) is 7.23. The fraction of sp³-hybridized carbons (Fsp3) is 0.538. The Hall–Kier alpha value is -0.810. The fourth-order valence-electron chi connectivity index (χ4n) is 1.47. The van der Waals surface area contributed by atoms with Crippen LogP contribution in [0.3, 0.4) is 0 Å². The molecule has 1 rings (SSSR count). The van der Waals surface area contributed by atoms with Crippen LogP contribution in [0.1, 0.15) is 19.4 Å². The molecule has 0 saturated carbocycles. The van der Waals surface area contributed by atoms with E-state index in [2.05, 4.69) is 5.32 Å². The van der Waals surface area contributed by atoms with Crippen LogP contribution < -0.4 is 10.1 Å². The van der Waals surface area contributed by atoms with Crippen LogP contribution in [0, 0.1) is 11.6 Å². The number of ether oxygens (including phenoxy) is 1. The Kier molecular flexibility index (Phi) is 7.05. The highest BCUT2D eigenvalue weighted by molar-refractivity contribution is 7.99. The van der Waals surface area contributed by atoms with Gasteiger partial charge in [-0.2, -0.15) is 11.8 Å². The van der Waals surface area contributed by atoms with E-state index in [1.807, 2.05) is 13.8 Å². The Balaban J connectivity index is 2.62. The van der Waals surface area contributed by atoms with Crippen molar-refractivity contribution in [2.24, 2.45) is 0 Å². The van der Waals surface area contributed by atoms with Crippen molar-refractivity contribution >= 4 is 11.8 Å². The SMILES string of the molecule is CCNCc1cc(F)c(OCCSCC)c(F)c1. The summed E-state index contributed by atoms with van der Waals surface area (Å²) >= 11 is 1.67.